The number of halogens is 2. The Bertz CT molecular complexity index is 857. The molecule has 0 aliphatic heterocycles. The lowest BCUT2D eigenvalue weighted by Crippen LogP contribution is -2.24. The minimum atomic E-state index is -0.671. The molecule has 1 amide bonds. The van der Waals surface area contributed by atoms with E-state index in [9.17, 15) is 20.1 Å². The molecule has 0 unspecified atom stereocenters. The number of nitrogens with zero attached hydrogens (tertiary/aromatic N) is 1. The number of rotatable bonds is 6. The second-order valence-corrected chi connectivity index (χ2v) is 6.64. The van der Waals surface area contributed by atoms with Crippen LogP contribution in [0.4, 0.5) is 0 Å². The maximum atomic E-state index is 11.8. The highest BCUT2D eigenvalue weighted by Gasteiger charge is 2.13. The summed E-state index contributed by atoms with van der Waals surface area (Å²) < 4.78 is 12.0. The molecule has 2 aromatic rings. The number of aromatic hydroxyl groups is 3. The van der Waals surface area contributed by atoms with Gasteiger partial charge in [-0.2, -0.15) is 5.10 Å². The van der Waals surface area contributed by atoms with E-state index < -0.39 is 23.2 Å². The summed E-state index contributed by atoms with van der Waals surface area (Å²) >= 11 is 6.65. The highest BCUT2D eigenvalue weighted by Crippen LogP contribution is 2.38. The molecule has 0 fully saturated rings. The second kappa shape index (κ2) is 8.77. The average molecular weight is 490 g/mol. The highest BCUT2D eigenvalue weighted by atomic mass is 79.9. The molecular formula is C16H14Br2N2O6. The van der Waals surface area contributed by atoms with Crippen molar-refractivity contribution in [3.8, 4) is 28.7 Å². The van der Waals surface area contributed by atoms with E-state index in [4.69, 9.17) is 9.47 Å². The van der Waals surface area contributed by atoms with E-state index in [2.05, 4.69) is 42.4 Å². The maximum absolute atomic E-state index is 11.8. The number of phenols is 3. The molecule has 0 atom stereocenters. The summed E-state index contributed by atoms with van der Waals surface area (Å²) in [5.41, 5.74) is 2.33. The number of hydrogen-bond donors (Lipinski definition) is 4. The van der Waals surface area contributed by atoms with E-state index in [-0.39, 0.29) is 12.2 Å². The molecule has 0 aliphatic carbocycles. The van der Waals surface area contributed by atoms with Crippen molar-refractivity contribution in [1.29, 1.82) is 0 Å². The molecule has 8 nitrogen and oxygen atoms in total. The zero-order valence-electron chi connectivity index (χ0n) is 13.4. The molecule has 0 bridgehead atoms. The van der Waals surface area contributed by atoms with Crippen molar-refractivity contribution in [3.63, 3.8) is 0 Å². The Balaban J connectivity index is 1.97. The molecule has 0 radical (unpaired) electrons. The number of hydrazone groups is 1. The molecule has 0 aliphatic rings. The van der Waals surface area contributed by atoms with Crippen LogP contribution < -0.4 is 14.9 Å². The standard InChI is InChI=1S/C16H14Br2N2O6/c1-25-12-5-9(17)4-10(18)16(12)26-7-13(22)20-19-6-8-2-3-11(21)15(24)14(8)23/h2-6,21,23-24H,7H2,1H3,(H,20,22)/b19-6+. The summed E-state index contributed by atoms with van der Waals surface area (Å²) in [5, 5.41) is 32.0. The lowest BCUT2D eigenvalue weighted by Gasteiger charge is -2.12. The number of carbonyl (C=O) groups is 1. The largest absolute Gasteiger partial charge is 0.504 e. The predicted octanol–water partition coefficient (Wildman–Crippen LogP) is 2.87. The molecule has 4 N–H and O–H groups in total. The molecule has 0 spiro atoms. The van der Waals surface area contributed by atoms with Crippen molar-refractivity contribution in [3.05, 3.63) is 38.8 Å². The van der Waals surface area contributed by atoms with Crippen LogP contribution in [0.15, 0.2) is 38.3 Å². The molecule has 10 heteroatoms. The Labute approximate surface area is 165 Å². The van der Waals surface area contributed by atoms with Crippen LogP contribution in [0.25, 0.3) is 0 Å². The Morgan fingerprint density at radius 3 is 2.65 bits per heavy atom. The summed E-state index contributed by atoms with van der Waals surface area (Å²) in [6.07, 6.45) is 1.11. The summed E-state index contributed by atoms with van der Waals surface area (Å²) in [6.45, 7) is -0.333. The van der Waals surface area contributed by atoms with Crippen LogP contribution in [0, 0.1) is 0 Å². The Kier molecular flexibility index (Phi) is 6.70. The van der Waals surface area contributed by atoms with Gasteiger partial charge < -0.3 is 24.8 Å². The lowest BCUT2D eigenvalue weighted by atomic mass is 10.2. The maximum Gasteiger partial charge on any atom is 0.277 e. The van der Waals surface area contributed by atoms with Gasteiger partial charge in [0.2, 0.25) is 5.75 Å². The van der Waals surface area contributed by atoms with E-state index in [1.807, 2.05) is 0 Å². The summed E-state index contributed by atoms with van der Waals surface area (Å²) in [7, 11) is 1.48. The number of benzene rings is 2. The number of amides is 1. The SMILES string of the molecule is COc1cc(Br)cc(Br)c1OCC(=O)N/N=C/c1ccc(O)c(O)c1O. The third-order valence-corrected chi connectivity index (χ3v) is 4.14. The number of methoxy groups -OCH3 is 1. The minimum Gasteiger partial charge on any atom is -0.504 e. The first-order valence-corrected chi connectivity index (χ1v) is 8.63. The van der Waals surface area contributed by atoms with Crippen molar-refractivity contribution in [2.75, 3.05) is 13.7 Å². The van der Waals surface area contributed by atoms with Gasteiger partial charge in [-0.3, -0.25) is 4.79 Å². The first-order valence-electron chi connectivity index (χ1n) is 7.05. The lowest BCUT2D eigenvalue weighted by molar-refractivity contribution is -0.123. The molecule has 2 rings (SSSR count). The van der Waals surface area contributed by atoms with Gasteiger partial charge >= 0.3 is 0 Å². The second-order valence-electron chi connectivity index (χ2n) is 4.87. The van der Waals surface area contributed by atoms with Gasteiger partial charge in [0.25, 0.3) is 5.91 Å². The topological polar surface area (TPSA) is 121 Å². The molecular weight excluding hydrogens is 476 g/mol. The van der Waals surface area contributed by atoms with E-state index >= 15 is 0 Å². The van der Waals surface area contributed by atoms with Crippen LogP contribution in [0.2, 0.25) is 0 Å². The molecule has 26 heavy (non-hydrogen) atoms. The van der Waals surface area contributed by atoms with Crippen molar-refractivity contribution in [2.24, 2.45) is 5.10 Å². The van der Waals surface area contributed by atoms with Crippen LogP contribution >= 0.6 is 31.9 Å². The van der Waals surface area contributed by atoms with Crippen molar-refractivity contribution < 1.29 is 29.6 Å². The first-order chi connectivity index (χ1) is 12.3. The summed E-state index contributed by atoms with van der Waals surface area (Å²) in [6, 6.07) is 5.93. The van der Waals surface area contributed by atoms with Crippen LogP contribution in [-0.2, 0) is 4.79 Å². The van der Waals surface area contributed by atoms with Crippen molar-refractivity contribution in [1.82, 2.24) is 5.43 Å². The van der Waals surface area contributed by atoms with Crippen LogP contribution in [0.3, 0.4) is 0 Å². The molecule has 0 aromatic heterocycles. The third kappa shape index (κ3) is 4.79. The van der Waals surface area contributed by atoms with E-state index in [0.29, 0.717) is 16.0 Å². The smallest absolute Gasteiger partial charge is 0.277 e. The van der Waals surface area contributed by atoms with Crippen LogP contribution in [0.1, 0.15) is 5.56 Å². The predicted molar refractivity (Wildman–Crippen MR) is 101 cm³/mol. The molecule has 0 saturated heterocycles. The fraction of sp³-hybridized carbons (Fsp3) is 0.125. The Morgan fingerprint density at radius 2 is 1.96 bits per heavy atom. The van der Waals surface area contributed by atoms with Gasteiger partial charge in [0, 0.05) is 10.0 Å². The number of nitrogens with one attached hydrogen (secondary N) is 1. The van der Waals surface area contributed by atoms with Gasteiger partial charge in [0.1, 0.15) is 0 Å². The first kappa shape index (κ1) is 19.9. The number of ether oxygens (including phenoxy) is 2. The molecule has 138 valence electrons. The van der Waals surface area contributed by atoms with Gasteiger partial charge in [-0.25, -0.2) is 5.43 Å². The van der Waals surface area contributed by atoms with Crippen molar-refractivity contribution >= 4 is 44.0 Å². The fourth-order valence-electron chi connectivity index (χ4n) is 1.86. The zero-order chi connectivity index (χ0) is 19.3. The zero-order valence-corrected chi connectivity index (χ0v) is 16.5. The fourth-order valence-corrected chi connectivity index (χ4v) is 3.16. The average Bonchev–Trinajstić information content (AvgIpc) is 2.60. The van der Waals surface area contributed by atoms with E-state index in [0.717, 1.165) is 10.7 Å². The molecule has 0 heterocycles. The normalized spacial score (nSPS) is 10.7. The van der Waals surface area contributed by atoms with Crippen LogP contribution in [-0.4, -0.2) is 41.2 Å². The van der Waals surface area contributed by atoms with Gasteiger partial charge in [0.05, 0.1) is 17.8 Å². The highest BCUT2D eigenvalue weighted by molar-refractivity contribution is 9.11. The van der Waals surface area contributed by atoms with Gasteiger partial charge in [-0.1, -0.05) is 15.9 Å². The van der Waals surface area contributed by atoms with E-state index in [1.54, 1.807) is 12.1 Å². The number of hydrogen-bond acceptors (Lipinski definition) is 7. The van der Waals surface area contributed by atoms with Gasteiger partial charge in [-0.15, -0.1) is 0 Å². The Hall–Kier alpha value is -2.46. The minimum absolute atomic E-state index is 0.110. The van der Waals surface area contributed by atoms with Crippen LogP contribution in [0.5, 0.6) is 28.7 Å². The summed E-state index contributed by atoms with van der Waals surface area (Å²) in [5.74, 6) is -1.45. The number of carbonyl (C=O) groups excluding carboxylic acids is 1. The summed E-state index contributed by atoms with van der Waals surface area (Å²) in [4.78, 5) is 11.8. The molecule has 2 aromatic carbocycles. The quantitative estimate of drug-likeness (QED) is 0.281. The van der Waals surface area contributed by atoms with Crippen molar-refractivity contribution in [2.45, 2.75) is 0 Å². The number of phenolic OH excluding ortho intramolecular Hbond substituents is 3. The van der Waals surface area contributed by atoms with Gasteiger partial charge in [0.15, 0.2) is 29.6 Å². The van der Waals surface area contributed by atoms with Gasteiger partial charge in [-0.05, 0) is 40.2 Å². The Morgan fingerprint density at radius 1 is 1.23 bits per heavy atom. The molecule has 0 saturated carbocycles. The third-order valence-electron chi connectivity index (χ3n) is 3.10. The van der Waals surface area contributed by atoms with E-state index in [1.165, 1.54) is 19.2 Å². The monoisotopic (exact) mass is 488 g/mol.